The van der Waals surface area contributed by atoms with Gasteiger partial charge in [0.25, 0.3) is 0 Å². The van der Waals surface area contributed by atoms with Crippen LogP contribution in [0.15, 0.2) is 36.7 Å². The first-order chi connectivity index (χ1) is 12.3. The van der Waals surface area contributed by atoms with Crippen molar-refractivity contribution in [2.24, 2.45) is 5.92 Å². The maximum atomic E-state index is 13.0. The Hall–Kier alpha value is -2.34. The van der Waals surface area contributed by atoms with E-state index >= 15 is 0 Å². The van der Waals surface area contributed by atoms with Crippen LogP contribution in [0.1, 0.15) is 43.0 Å². The molecule has 0 bridgehead atoms. The van der Waals surface area contributed by atoms with E-state index in [1.54, 1.807) is 0 Å². The summed E-state index contributed by atoms with van der Waals surface area (Å²) in [7, 11) is 0. The van der Waals surface area contributed by atoms with Crippen LogP contribution in [0.2, 0.25) is 0 Å². The van der Waals surface area contributed by atoms with Crippen LogP contribution in [0, 0.1) is 5.92 Å². The van der Waals surface area contributed by atoms with Crippen LogP contribution in [0.3, 0.4) is 0 Å². The van der Waals surface area contributed by atoms with Crippen molar-refractivity contribution in [1.82, 2.24) is 15.1 Å². The van der Waals surface area contributed by atoms with Gasteiger partial charge >= 0.3 is 0 Å². The van der Waals surface area contributed by atoms with E-state index in [0.29, 0.717) is 13.2 Å². The standard InChI is InChI=1S/C19H23N3O3/c1-2-22-11-13(10-20-22)18-15(7-5-9-24-18)19(23)21-16-12-25-17-8-4-3-6-14(16)17/h3-4,6,8,10-11,15-16,18H,2,5,7,9,12H2,1H3,(H,21,23)/t15-,16?,18+/m1/s1. The average Bonchev–Trinajstić information content (AvgIpc) is 3.29. The third-order valence-corrected chi connectivity index (χ3v) is 4.98. The average molecular weight is 341 g/mol. The zero-order valence-corrected chi connectivity index (χ0v) is 14.4. The van der Waals surface area contributed by atoms with Crippen molar-refractivity contribution in [3.8, 4) is 5.75 Å². The number of benzene rings is 1. The van der Waals surface area contributed by atoms with Crippen molar-refractivity contribution in [3.63, 3.8) is 0 Å². The number of nitrogens with one attached hydrogen (secondary N) is 1. The highest BCUT2D eigenvalue weighted by atomic mass is 16.5. The van der Waals surface area contributed by atoms with E-state index in [-0.39, 0.29) is 24.0 Å². The molecular weight excluding hydrogens is 318 g/mol. The number of nitrogens with zero attached hydrogens (tertiary/aromatic N) is 2. The molecule has 2 aromatic rings. The van der Waals surface area contributed by atoms with Crippen LogP contribution in [0.4, 0.5) is 0 Å². The van der Waals surface area contributed by atoms with Crippen molar-refractivity contribution in [2.45, 2.75) is 38.5 Å². The van der Waals surface area contributed by atoms with Gasteiger partial charge in [0.15, 0.2) is 0 Å². The summed E-state index contributed by atoms with van der Waals surface area (Å²) in [6.45, 7) is 4.01. The second-order valence-electron chi connectivity index (χ2n) is 6.58. The number of para-hydroxylation sites is 1. The molecule has 132 valence electrons. The molecular formula is C19H23N3O3. The maximum Gasteiger partial charge on any atom is 0.226 e. The highest BCUT2D eigenvalue weighted by molar-refractivity contribution is 5.80. The molecule has 0 saturated carbocycles. The van der Waals surface area contributed by atoms with Crippen molar-refractivity contribution in [1.29, 1.82) is 0 Å². The molecule has 2 aliphatic rings. The van der Waals surface area contributed by atoms with Crippen LogP contribution in [-0.4, -0.2) is 28.9 Å². The molecule has 0 aliphatic carbocycles. The molecule has 1 amide bonds. The first-order valence-corrected chi connectivity index (χ1v) is 8.92. The first kappa shape index (κ1) is 16.1. The Labute approximate surface area is 147 Å². The van der Waals surface area contributed by atoms with E-state index in [9.17, 15) is 4.79 Å². The minimum atomic E-state index is -0.230. The minimum Gasteiger partial charge on any atom is -0.491 e. The Morgan fingerprint density at radius 3 is 3.12 bits per heavy atom. The van der Waals surface area contributed by atoms with Gasteiger partial charge in [0, 0.05) is 30.5 Å². The van der Waals surface area contributed by atoms with Gasteiger partial charge in [0.2, 0.25) is 5.91 Å². The van der Waals surface area contributed by atoms with Crippen molar-refractivity contribution in [2.75, 3.05) is 13.2 Å². The normalized spacial score (nSPS) is 25.2. The Morgan fingerprint density at radius 2 is 2.28 bits per heavy atom. The lowest BCUT2D eigenvalue weighted by atomic mass is 9.89. The summed E-state index contributed by atoms with van der Waals surface area (Å²) in [6, 6.07) is 7.77. The number of carbonyl (C=O) groups excluding carboxylic acids is 1. The molecule has 1 aromatic heterocycles. The molecule has 1 N–H and O–H groups in total. The van der Waals surface area contributed by atoms with E-state index in [0.717, 1.165) is 36.3 Å². The lowest BCUT2D eigenvalue weighted by Gasteiger charge is -2.31. The van der Waals surface area contributed by atoms with Gasteiger partial charge in [0.05, 0.1) is 24.3 Å². The lowest BCUT2D eigenvalue weighted by Crippen LogP contribution is -2.39. The van der Waals surface area contributed by atoms with Crippen LogP contribution in [-0.2, 0) is 16.1 Å². The van der Waals surface area contributed by atoms with Gasteiger partial charge in [-0.3, -0.25) is 9.48 Å². The van der Waals surface area contributed by atoms with Gasteiger partial charge in [-0.2, -0.15) is 5.10 Å². The number of aromatic nitrogens is 2. The number of fused-ring (bicyclic) bond motifs is 1. The number of hydrogen-bond acceptors (Lipinski definition) is 4. The SMILES string of the molecule is CCn1cc([C@@H]2OCCC[C@H]2C(=O)NC2COc3ccccc32)cn1. The molecule has 1 aromatic carbocycles. The highest BCUT2D eigenvalue weighted by Gasteiger charge is 2.36. The number of hydrogen-bond donors (Lipinski definition) is 1. The zero-order chi connectivity index (χ0) is 17.2. The fourth-order valence-electron chi connectivity index (χ4n) is 3.64. The van der Waals surface area contributed by atoms with Crippen LogP contribution in [0.25, 0.3) is 0 Å². The van der Waals surface area contributed by atoms with Crippen LogP contribution < -0.4 is 10.1 Å². The van der Waals surface area contributed by atoms with Crippen LogP contribution in [0.5, 0.6) is 5.75 Å². The number of amides is 1. The molecule has 3 heterocycles. The number of ether oxygens (including phenoxy) is 2. The molecule has 0 spiro atoms. The molecule has 6 heteroatoms. The van der Waals surface area contributed by atoms with Crippen molar-refractivity contribution < 1.29 is 14.3 Å². The molecule has 4 rings (SSSR count). The van der Waals surface area contributed by atoms with Crippen molar-refractivity contribution in [3.05, 3.63) is 47.8 Å². The number of aryl methyl sites for hydroxylation is 1. The van der Waals surface area contributed by atoms with E-state index in [2.05, 4.69) is 10.4 Å². The van der Waals surface area contributed by atoms with Crippen molar-refractivity contribution >= 4 is 5.91 Å². The maximum absolute atomic E-state index is 13.0. The zero-order valence-electron chi connectivity index (χ0n) is 14.4. The van der Waals surface area contributed by atoms with Gasteiger partial charge in [-0.05, 0) is 25.8 Å². The van der Waals surface area contributed by atoms with Gasteiger partial charge in [-0.25, -0.2) is 0 Å². The molecule has 1 saturated heterocycles. The smallest absolute Gasteiger partial charge is 0.226 e. The Kier molecular flexibility index (Phi) is 4.44. The number of rotatable bonds is 4. The van der Waals surface area contributed by atoms with Gasteiger partial charge in [-0.1, -0.05) is 18.2 Å². The Balaban J connectivity index is 1.50. The highest BCUT2D eigenvalue weighted by Crippen LogP contribution is 2.36. The fourth-order valence-corrected chi connectivity index (χ4v) is 3.64. The Morgan fingerprint density at radius 1 is 1.40 bits per heavy atom. The summed E-state index contributed by atoms with van der Waals surface area (Å²) in [5.41, 5.74) is 2.02. The largest absolute Gasteiger partial charge is 0.491 e. The van der Waals surface area contributed by atoms with Gasteiger partial charge < -0.3 is 14.8 Å². The summed E-state index contributed by atoms with van der Waals surface area (Å²) in [5.74, 6) is 0.684. The molecule has 1 fully saturated rings. The monoisotopic (exact) mass is 341 g/mol. The van der Waals surface area contributed by atoms with Gasteiger partial charge in [0.1, 0.15) is 12.4 Å². The molecule has 2 aliphatic heterocycles. The summed E-state index contributed by atoms with van der Waals surface area (Å²) in [6.07, 6.45) is 5.28. The first-order valence-electron chi connectivity index (χ1n) is 8.92. The van der Waals surface area contributed by atoms with E-state index in [1.807, 2.05) is 48.3 Å². The predicted molar refractivity (Wildman–Crippen MR) is 92.1 cm³/mol. The molecule has 3 atom stereocenters. The molecule has 25 heavy (non-hydrogen) atoms. The molecule has 1 unspecified atom stereocenters. The molecule has 6 nitrogen and oxygen atoms in total. The summed E-state index contributed by atoms with van der Waals surface area (Å²) in [5, 5.41) is 7.48. The fraction of sp³-hybridized carbons (Fsp3) is 0.474. The topological polar surface area (TPSA) is 65.4 Å². The number of carbonyl (C=O) groups is 1. The quantitative estimate of drug-likeness (QED) is 0.928. The summed E-state index contributed by atoms with van der Waals surface area (Å²) >= 11 is 0. The summed E-state index contributed by atoms with van der Waals surface area (Å²) in [4.78, 5) is 13.0. The van der Waals surface area contributed by atoms with E-state index in [1.165, 1.54) is 0 Å². The third kappa shape index (κ3) is 3.14. The predicted octanol–water partition coefficient (Wildman–Crippen LogP) is 2.62. The molecule has 0 radical (unpaired) electrons. The Bertz CT molecular complexity index is 758. The lowest BCUT2D eigenvalue weighted by molar-refractivity contribution is -0.135. The summed E-state index contributed by atoms with van der Waals surface area (Å²) < 4.78 is 13.5. The van der Waals surface area contributed by atoms with E-state index in [4.69, 9.17) is 9.47 Å². The van der Waals surface area contributed by atoms with Crippen LogP contribution >= 0.6 is 0 Å². The third-order valence-electron chi connectivity index (χ3n) is 4.98. The second kappa shape index (κ2) is 6.88. The second-order valence-corrected chi connectivity index (χ2v) is 6.58. The van der Waals surface area contributed by atoms with E-state index < -0.39 is 0 Å². The minimum absolute atomic E-state index is 0.0271. The van der Waals surface area contributed by atoms with Gasteiger partial charge in [-0.15, -0.1) is 0 Å².